The highest BCUT2D eigenvalue weighted by atomic mass is 16.5. The molecule has 0 saturated carbocycles. The van der Waals surface area contributed by atoms with Crippen LogP contribution in [0.25, 0.3) is 0 Å². The van der Waals surface area contributed by atoms with E-state index in [0.29, 0.717) is 28.7 Å². The van der Waals surface area contributed by atoms with Crippen molar-refractivity contribution in [3.63, 3.8) is 0 Å². The van der Waals surface area contributed by atoms with E-state index in [-0.39, 0.29) is 23.0 Å². The molecule has 2 aromatic rings. The monoisotopic (exact) mass is 438 g/mol. The van der Waals surface area contributed by atoms with Gasteiger partial charge >= 0.3 is 0 Å². The van der Waals surface area contributed by atoms with Crippen LogP contribution >= 0.6 is 0 Å². The highest BCUT2D eigenvalue weighted by molar-refractivity contribution is 6.26. The number of benzene rings is 1. The molecule has 2 aliphatic heterocycles. The first-order valence-corrected chi connectivity index (χ1v) is 11.6. The van der Waals surface area contributed by atoms with Crippen molar-refractivity contribution in [2.45, 2.75) is 31.8 Å². The van der Waals surface area contributed by atoms with Crippen molar-refractivity contribution in [3.8, 4) is 0 Å². The van der Waals surface area contributed by atoms with Crippen LogP contribution in [0.4, 0.5) is 0 Å². The van der Waals surface area contributed by atoms with Gasteiger partial charge in [-0.3, -0.25) is 14.5 Å². The first-order chi connectivity index (χ1) is 15.5. The molecule has 0 amide bonds. The van der Waals surface area contributed by atoms with E-state index in [9.17, 15) is 14.8 Å². The molecule has 3 aliphatic rings. The number of piperazine rings is 1. The van der Waals surface area contributed by atoms with Crippen molar-refractivity contribution < 1.29 is 14.5 Å². The van der Waals surface area contributed by atoms with Crippen molar-refractivity contribution in [1.29, 1.82) is 0 Å². The summed E-state index contributed by atoms with van der Waals surface area (Å²) in [6.07, 6.45) is 3.23. The number of ketones is 2. The van der Waals surface area contributed by atoms with E-state index in [1.54, 1.807) is 24.3 Å². The second-order valence-corrected chi connectivity index (χ2v) is 9.14. The zero-order valence-corrected chi connectivity index (χ0v) is 18.6. The quantitative estimate of drug-likeness (QED) is 0.421. The van der Waals surface area contributed by atoms with Crippen molar-refractivity contribution in [2.75, 3.05) is 52.9 Å². The number of fused-ring (bicyclic) bond motifs is 2. The van der Waals surface area contributed by atoms with Crippen LogP contribution in [0, 0.1) is 5.21 Å². The zero-order valence-electron chi connectivity index (χ0n) is 18.6. The summed E-state index contributed by atoms with van der Waals surface area (Å²) in [7, 11) is 2.19. The van der Waals surface area contributed by atoms with Crippen molar-refractivity contribution in [3.05, 3.63) is 52.0 Å². The molecule has 2 saturated heterocycles. The predicted octanol–water partition coefficient (Wildman–Crippen LogP) is 0.394. The number of piperidine rings is 1. The zero-order chi connectivity index (χ0) is 22.2. The molecule has 0 radical (unpaired) electrons. The molecule has 1 aliphatic carbocycles. The molecule has 2 fully saturated rings. The minimum atomic E-state index is -0.358. The molecule has 1 aromatic carbocycles. The van der Waals surface area contributed by atoms with E-state index in [1.165, 1.54) is 30.6 Å². The summed E-state index contributed by atoms with van der Waals surface area (Å²) in [4.78, 5) is 33.6. The highest BCUT2D eigenvalue weighted by Crippen LogP contribution is 2.25. The van der Waals surface area contributed by atoms with E-state index in [4.69, 9.17) is 0 Å². The summed E-state index contributed by atoms with van der Waals surface area (Å²) >= 11 is 0. The average molecular weight is 439 g/mol. The molecule has 0 N–H and O–H groups in total. The van der Waals surface area contributed by atoms with Gasteiger partial charge in [-0.25, -0.2) is 0 Å². The molecule has 9 nitrogen and oxygen atoms in total. The summed E-state index contributed by atoms with van der Waals surface area (Å²) in [6, 6.07) is 7.39. The first kappa shape index (κ1) is 21.2. The SMILES string of the molecule is CN1CCC(N2CCN(CCCn3c4c(n[n+]3[O-])C(=O)c3ccccc3C4=O)CC2)CC1. The van der Waals surface area contributed by atoms with Crippen LogP contribution in [0.2, 0.25) is 0 Å². The number of rotatable bonds is 5. The largest absolute Gasteiger partial charge is 0.571 e. The third kappa shape index (κ3) is 3.85. The Labute approximate surface area is 187 Å². The van der Waals surface area contributed by atoms with Gasteiger partial charge in [0.15, 0.2) is 5.69 Å². The van der Waals surface area contributed by atoms with Crippen molar-refractivity contribution in [2.24, 2.45) is 0 Å². The van der Waals surface area contributed by atoms with Gasteiger partial charge in [0.05, 0.1) is 6.54 Å². The minimum Gasteiger partial charge on any atom is -0.571 e. The predicted molar refractivity (Wildman–Crippen MR) is 118 cm³/mol. The van der Waals surface area contributed by atoms with Gasteiger partial charge in [0.2, 0.25) is 17.3 Å². The van der Waals surface area contributed by atoms with Gasteiger partial charge in [-0.15, -0.1) is 4.68 Å². The van der Waals surface area contributed by atoms with Crippen molar-refractivity contribution >= 4 is 11.6 Å². The van der Waals surface area contributed by atoms with Gasteiger partial charge in [0, 0.05) is 60.0 Å². The number of likely N-dealkylation sites (tertiary alicyclic amines) is 1. The lowest BCUT2D eigenvalue weighted by Crippen LogP contribution is -2.53. The Balaban J connectivity index is 1.18. The van der Waals surface area contributed by atoms with Gasteiger partial charge in [-0.2, -0.15) is 0 Å². The number of carbonyl (C=O) groups excluding carboxylic acids is 2. The smallest absolute Gasteiger partial charge is 0.220 e. The van der Waals surface area contributed by atoms with Crippen LogP contribution in [-0.2, 0) is 6.54 Å². The van der Waals surface area contributed by atoms with Gasteiger partial charge < -0.3 is 15.0 Å². The molecular weight excluding hydrogens is 408 g/mol. The molecule has 3 heterocycles. The second kappa shape index (κ2) is 8.73. The summed E-state index contributed by atoms with van der Waals surface area (Å²) in [5, 5.41) is 16.3. The van der Waals surface area contributed by atoms with E-state index in [2.05, 4.69) is 26.8 Å². The summed E-state index contributed by atoms with van der Waals surface area (Å²) in [5.41, 5.74) is 0.751. The van der Waals surface area contributed by atoms with E-state index in [1.807, 2.05) is 0 Å². The van der Waals surface area contributed by atoms with Crippen LogP contribution in [0.3, 0.4) is 0 Å². The number of hydrogen-bond donors (Lipinski definition) is 0. The van der Waals surface area contributed by atoms with Gasteiger partial charge in [-0.05, 0) is 39.4 Å². The lowest BCUT2D eigenvalue weighted by molar-refractivity contribution is -0.749. The van der Waals surface area contributed by atoms with Crippen LogP contribution in [0.15, 0.2) is 24.3 Å². The Bertz CT molecular complexity index is 1020. The fraction of sp³-hybridized carbons (Fsp3) is 0.565. The third-order valence-corrected chi connectivity index (χ3v) is 7.18. The Morgan fingerprint density at radius 1 is 0.969 bits per heavy atom. The fourth-order valence-electron chi connectivity index (χ4n) is 5.26. The number of aromatic nitrogens is 3. The molecule has 0 spiro atoms. The van der Waals surface area contributed by atoms with Gasteiger partial charge in [0.25, 0.3) is 0 Å². The molecule has 9 heteroatoms. The lowest BCUT2D eigenvalue weighted by Gasteiger charge is -2.42. The number of nitrogens with zero attached hydrogens (tertiary/aromatic N) is 6. The number of carbonyl (C=O) groups is 2. The molecular formula is C23H30N6O3. The standard InChI is InChI=1S/C23H30N6O3/c1-25-11-7-17(8-12-25)27-15-13-26(14-16-27)9-4-10-28-21-20(24-29(28)32)22(30)18-5-2-3-6-19(18)23(21)31/h2-3,5-6,17H,4,7-16H2,1H3. The van der Waals surface area contributed by atoms with Crippen LogP contribution in [-0.4, -0.2) is 94.9 Å². The average Bonchev–Trinajstić information content (AvgIpc) is 3.15. The molecule has 0 atom stereocenters. The summed E-state index contributed by atoms with van der Waals surface area (Å²) in [5.74, 6) is -0.660. The Kier molecular flexibility index (Phi) is 5.79. The Morgan fingerprint density at radius 2 is 1.62 bits per heavy atom. The third-order valence-electron chi connectivity index (χ3n) is 7.18. The fourth-order valence-corrected chi connectivity index (χ4v) is 5.26. The van der Waals surface area contributed by atoms with E-state index in [0.717, 1.165) is 39.1 Å². The molecule has 5 rings (SSSR count). The maximum absolute atomic E-state index is 13.0. The van der Waals surface area contributed by atoms with Crippen molar-refractivity contribution in [1.82, 2.24) is 24.5 Å². The molecule has 0 unspecified atom stereocenters. The first-order valence-electron chi connectivity index (χ1n) is 11.6. The van der Waals surface area contributed by atoms with Gasteiger partial charge in [-0.1, -0.05) is 24.3 Å². The maximum atomic E-state index is 13.0. The minimum absolute atomic E-state index is 0.0320. The Morgan fingerprint density at radius 3 is 2.31 bits per heavy atom. The number of hydrogen-bond acceptors (Lipinski definition) is 7. The van der Waals surface area contributed by atoms with Crippen LogP contribution < -0.4 is 4.96 Å². The van der Waals surface area contributed by atoms with Crippen LogP contribution in [0.5, 0.6) is 0 Å². The summed E-state index contributed by atoms with van der Waals surface area (Å²) < 4.78 is 1.32. The summed E-state index contributed by atoms with van der Waals surface area (Å²) in [6.45, 7) is 7.80. The highest BCUT2D eigenvalue weighted by Gasteiger charge is 2.39. The second-order valence-electron chi connectivity index (χ2n) is 9.14. The topological polar surface area (TPSA) is 88.6 Å². The van der Waals surface area contributed by atoms with Crippen LogP contribution in [0.1, 0.15) is 51.4 Å². The molecule has 32 heavy (non-hydrogen) atoms. The van der Waals surface area contributed by atoms with E-state index >= 15 is 0 Å². The van der Waals surface area contributed by atoms with Gasteiger partial charge in [0.1, 0.15) is 0 Å². The molecule has 1 aromatic heterocycles. The molecule has 0 bridgehead atoms. The Hall–Kier alpha value is -2.62. The maximum Gasteiger partial charge on any atom is 0.220 e. The molecule has 170 valence electrons. The lowest BCUT2D eigenvalue weighted by atomic mass is 9.90. The van der Waals surface area contributed by atoms with E-state index < -0.39 is 0 Å². The normalized spacial score (nSPS) is 21.0.